The van der Waals surface area contributed by atoms with Crippen molar-refractivity contribution in [2.75, 3.05) is 14.2 Å². The Hall–Kier alpha value is -1.79. The number of hydrogen-bond donors (Lipinski definition) is 0. The molecule has 1 aromatic rings. The highest BCUT2D eigenvalue weighted by molar-refractivity contribution is 5.94. The fourth-order valence-corrected chi connectivity index (χ4v) is 1.15. The van der Waals surface area contributed by atoms with Crippen LogP contribution in [0.25, 0.3) is 0 Å². The minimum absolute atomic E-state index is 0.261. The lowest BCUT2D eigenvalue weighted by Crippen LogP contribution is -2.11. The molecule has 88 valence electrons. The van der Waals surface area contributed by atoms with Crippen LogP contribution in [0.1, 0.15) is 22.3 Å². The van der Waals surface area contributed by atoms with E-state index in [-0.39, 0.29) is 5.75 Å². The Morgan fingerprint density at radius 2 is 2.06 bits per heavy atom. The van der Waals surface area contributed by atoms with Crippen molar-refractivity contribution in [2.24, 2.45) is 0 Å². The number of rotatable bonds is 3. The van der Waals surface area contributed by atoms with Crippen LogP contribution in [0.4, 0.5) is 13.2 Å². The lowest BCUT2D eigenvalue weighted by Gasteiger charge is -2.11. The number of carbonyl (C=O) groups excluding carboxylic acids is 1. The lowest BCUT2D eigenvalue weighted by atomic mass is 10.1. The van der Waals surface area contributed by atoms with E-state index in [2.05, 4.69) is 14.5 Å². The summed E-state index contributed by atoms with van der Waals surface area (Å²) >= 11 is 0. The Morgan fingerprint density at radius 1 is 1.44 bits per heavy atom. The van der Waals surface area contributed by atoms with Crippen LogP contribution < -0.4 is 4.74 Å². The predicted octanol–water partition coefficient (Wildman–Crippen LogP) is 1.95. The summed E-state index contributed by atoms with van der Waals surface area (Å²) in [6.07, 6.45) is -2.34. The Balaban J connectivity index is 3.48. The third-order valence-electron chi connectivity index (χ3n) is 1.86. The van der Waals surface area contributed by atoms with Crippen LogP contribution in [0, 0.1) is 5.95 Å². The van der Waals surface area contributed by atoms with Gasteiger partial charge in [0, 0.05) is 0 Å². The third kappa shape index (κ3) is 2.07. The van der Waals surface area contributed by atoms with E-state index in [1.807, 2.05) is 0 Å². The number of halogens is 3. The summed E-state index contributed by atoms with van der Waals surface area (Å²) in [5.74, 6) is -2.78. The van der Waals surface area contributed by atoms with Gasteiger partial charge in [0.05, 0.1) is 26.0 Å². The average Bonchev–Trinajstić information content (AvgIpc) is 2.27. The molecule has 0 spiro atoms. The van der Waals surface area contributed by atoms with E-state index in [4.69, 9.17) is 0 Å². The summed E-state index contributed by atoms with van der Waals surface area (Å²) in [4.78, 5) is 14.3. The minimum Gasteiger partial charge on any atom is -0.494 e. The molecule has 0 saturated heterocycles. The van der Waals surface area contributed by atoms with E-state index in [0.29, 0.717) is 0 Å². The predicted molar refractivity (Wildman–Crippen MR) is 47.0 cm³/mol. The highest BCUT2D eigenvalue weighted by Gasteiger charge is 2.28. The number of esters is 1. The molecular weight excluding hydrogens is 227 g/mol. The zero-order valence-electron chi connectivity index (χ0n) is 8.46. The second-order valence-electron chi connectivity index (χ2n) is 2.70. The average molecular weight is 235 g/mol. The van der Waals surface area contributed by atoms with Crippen molar-refractivity contribution in [3.05, 3.63) is 23.3 Å². The summed E-state index contributed by atoms with van der Waals surface area (Å²) in [5.41, 5.74) is -1.77. The normalized spacial score (nSPS) is 10.4. The molecule has 0 aliphatic rings. The molecule has 0 amide bonds. The summed E-state index contributed by atoms with van der Waals surface area (Å²) in [6, 6.07) is 0. The smallest absolute Gasteiger partial charge is 0.342 e. The van der Waals surface area contributed by atoms with Crippen molar-refractivity contribution in [3.63, 3.8) is 0 Å². The second kappa shape index (κ2) is 4.82. The van der Waals surface area contributed by atoms with Crippen LogP contribution in [0.15, 0.2) is 6.20 Å². The van der Waals surface area contributed by atoms with Gasteiger partial charge in [-0.05, 0) is 0 Å². The van der Waals surface area contributed by atoms with Gasteiger partial charge in [0.25, 0.3) is 6.43 Å². The molecule has 1 heterocycles. The molecule has 0 radical (unpaired) electrons. The van der Waals surface area contributed by atoms with E-state index in [1.54, 1.807) is 0 Å². The van der Waals surface area contributed by atoms with Gasteiger partial charge >= 0.3 is 5.97 Å². The highest BCUT2D eigenvalue weighted by atomic mass is 19.3. The topological polar surface area (TPSA) is 48.4 Å². The largest absolute Gasteiger partial charge is 0.494 e. The van der Waals surface area contributed by atoms with Gasteiger partial charge < -0.3 is 9.47 Å². The molecule has 16 heavy (non-hydrogen) atoms. The van der Waals surface area contributed by atoms with Crippen LogP contribution >= 0.6 is 0 Å². The van der Waals surface area contributed by atoms with Gasteiger partial charge in [-0.3, -0.25) is 0 Å². The summed E-state index contributed by atoms with van der Waals surface area (Å²) in [7, 11) is 2.14. The molecule has 0 aliphatic carbocycles. The number of pyridine rings is 1. The van der Waals surface area contributed by atoms with Crippen molar-refractivity contribution in [1.82, 2.24) is 4.98 Å². The quantitative estimate of drug-likeness (QED) is 0.593. The maximum Gasteiger partial charge on any atom is 0.342 e. The van der Waals surface area contributed by atoms with Crippen LogP contribution in [-0.2, 0) is 4.74 Å². The molecule has 4 nitrogen and oxygen atoms in total. The molecule has 0 fully saturated rings. The first kappa shape index (κ1) is 12.3. The van der Waals surface area contributed by atoms with Crippen molar-refractivity contribution in [1.29, 1.82) is 0 Å². The van der Waals surface area contributed by atoms with Crippen molar-refractivity contribution < 1.29 is 27.4 Å². The molecule has 0 bridgehead atoms. The van der Waals surface area contributed by atoms with Gasteiger partial charge in [-0.25, -0.2) is 18.6 Å². The SMILES string of the molecule is COC(=O)c1c(OC)cnc(F)c1C(F)F. The van der Waals surface area contributed by atoms with Gasteiger partial charge in [-0.2, -0.15) is 4.39 Å². The molecule has 1 aromatic heterocycles. The number of aromatic nitrogens is 1. The monoisotopic (exact) mass is 235 g/mol. The first-order chi connectivity index (χ1) is 7.52. The molecular formula is C9H8F3NO3. The molecule has 0 aromatic carbocycles. The number of carbonyl (C=O) groups is 1. The molecule has 0 unspecified atom stereocenters. The van der Waals surface area contributed by atoms with E-state index in [0.717, 1.165) is 20.4 Å². The lowest BCUT2D eigenvalue weighted by molar-refractivity contribution is 0.0582. The van der Waals surface area contributed by atoms with Crippen LogP contribution in [0.2, 0.25) is 0 Å². The summed E-state index contributed by atoms with van der Waals surface area (Å²) in [6.45, 7) is 0. The van der Waals surface area contributed by atoms with Crippen molar-refractivity contribution >= 4 is 5.97 Å². The molecule has 1 rings (SSSR count). The molecule has 0 saturated carbocycles. The Morgan fingerprint density at radius 3 is 2.50 bits per heavy atom. The highest BCUT2D eigenvalue weighted by Crippen LogP contribution is 2.31. The molecule has 7 heteroatoms. The summed E-state index contributed by atoms with van der Waals surface area (Å²) < 4.78 is 47.1. The fraction of sp³-hybridized carbons (Fsp3) is 0.333. The van der Waals surface area contributed by atoms with Gasteiger partial charge in [0.1, 0.15) is 5.56 Å². The number of nitrogens with zero attached hydrogens (tertiary/aromatic N) is 1. The fourth-order valence-electron chi connectivity index (χ4n) is 1.15. The number of ether oxygens (including phenoxy) is 2. The number of alkyl halides is 2. The zero-order valence-corrected chi connectivity index (χ0v) is 8.46. The van der Waals surface area contributed by atoms with E-state index in [9.17, 15) is 18.0 Å². The van der Waals surface area contributed by atoms with Gasteiger partial charge in [-0.15, -0.1) is 0 Å². The van der Waals surface area contributed by atoms with Crippen LogP contribution in [0.5, 0.6) is 5.75 Å². The second-order valence-corrected chi connectivity index (χ2v) is 2.70. The molecule has 0 N–H and O–H groups in total. The van der Waals surface area contributed by atoms with Crippen molar-refractivity contribution in [2.45, 2.75) is 6.43 Å². The number of methoxy groups -OCH3 is 2. The summed E-state index contributed by atoms with van der Waals surface area (Å²) in [5, 5.41) is 0. The minimum atomic E-state index is -3.18. The standard InChI is InChI=1S/C9H8F3NO3/c1-15-4-3-13-8(12)6(7(10)11)5(4)9(14)16-2/h3,7H,1-2H3. The van der Waals surface area contributed by atoms with Crippen LogP contribution in [-0.4, -0.2) is 25.2 Å². The van der Waals surface area contributed by atoms with E-state index < -0.39 is 29.5 Å². The van der Waals surface area contributed by atoms with Crippen LogP contribution in [0.3, 0.4) is 0 Å². The Bertz CT molecular complexity index is 409. The first-order valence-electron chi connectivity index (χ1n) is 4.11. The number of hydrogen-bond acceptors (Lipinski definition) is 4. The maximum absolute atomic E-state index is 13.1. The Labute approximate surface area is 89.0 Å². The van der Waals surface area contributed by atoms with Gasteiger partial charge in [-0.1, -0.05) is 0 Å². The molecule has 0 aliphatic heterocycles. The van der Waals surface area contributed by atoms with Gasteiger partial charge in [0.2, 0.25) is 5.95 Å². The Kier molecular flexibility index (Phi) is 3.70. The van der Waals surface area contributed by atoms with Crippen molar-refractivity contribution in [3.8, 4) is 5.75 Å². The zero-order chi connectivity index (χ0) is 12.3. The maximum atomic E-state index is 13.1. The van der Waals surface area contributed by atoms with E-state index in [1.165, 1.54) is 0 Å². The molecule has 0 atom stereocenters. The first-order valence-corrected chi connectivity index (χ1v) is 4.11. The third-order valence-corrected chi connectivity index (χ3v) is 1.86. The van der Waals surface area contributed by atoms with E-state index >= 15 is 0 Å². The van der Waals surface area contributed by atoms with Gasteiger partial charge in [0.15, 0.2) is 5.75 Å².